The molecule has 0 aliphatic rings. The highest BCUT2D eigenvalue weighted by atomic mass is 19.3. The standard InChI is InChI=1S/C18H21F2N3O/c1-12-6-13(2)8-15(7-12)23-18(21)22-10-14-4-3-5-16(9-14)24-11-17(19)20/h3-9,17H,10-11H2,1-2H3,(H3,21,22,23). The molecular formula is C18H21F2N3O. The highest BCUT2D eigenvalue weighted by Gasteiger charge is 2.04. The van der Waals surface area contributed by atoms with Crippen molar-refractivity contribution in [2.75, 3.05) is 11.9 Å². The van der Waals surface area contributed by atoms with Crippen LogP contribution in [0.4, 0.5) is 14.5 Å². The summed E-state index contributed by atoms with van der Waals surface area (Å²) >= 11 is 0. The van der Waals surface area contributed by atoms with Gasteiger partial charge in [0, 0.05) is 5.69 Å². The van der Waals surface area contributed by atoms with Crippen LogP contribution in [0.3, 0.4) is 0 Å². The number of benzene rings is 2. The first kappa shape index (κ1) is 17.7. The van der Waals surface area contributed by atoms with Crippen LogP contribution in [-0.2, 0) is 6.54 Å². The van der Waals surface area contributed by atoms with Crippen LogP contribution in [0.1, 0.15) is 16.7 Å². The van der Waals surface area contributed by atoms with Crippen LogP contribution in [-0.4, -0.2) is 19.0 Å². The third-order valence-electron chi connectivity index (χ3n) is 3.20. The van der Waals surface area contributed by atoms with Gasteiger partial charge in [0.15, 0.2) is 5.96 Å². The fraction of sp³-hybridized carbons (Fsp3) is 0.278. The molecule has 3 N–H and O–H groups in total. The van der Waals surface area contributed by atoms with Crippen molar-refractivity contribution in [3.05, 3.63) is 59.2 Å². The van der Waals surface area contributed by atoms with E-state index in [1.54, 1.807) is 18.2 Å². The summed E-state index contributed by atoms with van der Waals surface area (Å²) in [7, 11) is 0. The summed E-state index contributed by atoms with van der Waals surface area (Å²) in [6.45, 7) is 3.73. The maximum Gasteiger partial charge on any atom is 0.272 e. The predicted molar refractivity (Wildman–Crippen MR) is 92.8 cm³/mol. The Labute approximate surface area is 140 Å². The number of nitrogens with two attached hydrogens (primary N) is 1. The second-order valence-corrected chi connectivity index (χ2v) is 5.55. The summed E-state index contributed by atoms with van der Waals surface area (Å²) < 4.78 is 29.3. The molecule has 0 spiro atoms. The van der Waals surface area contributed by atoms with Gasteiger partial charge in [-0.1, -0.05) is 18.2 Å². The fourth-order valence-corrected chi connectivity index (χ4v) is 2.30. The van der Waals surface area contributed by atoms with Crippen LogP contribution in [0, 0.1) is 13.8 Å². The number of aryl methyl sites for hydroxylation is 2. The number of hydrogen-bond donors (Lipinski definition) is 2. The molecule has 2 aromatic carbocycles. The van der Waals surface area contributed by atoms with Crippen LogP contribution < -0.4 is 15.8 Å². The Kier molecular flexibility index (Phi) is 6.12. The summed E-state index contributed by atoms with van der Waals surface area (Å²) in [4.78, 5) is 4.26. The quantitative estimate of drug-likeness (QED) is 0.623. The van der Waals surface area contributed by atoms with Gasteiger partial charge in [0.25, 0.3) is 6.43 Å². The lowest BCUT2D eigenvalue weighted by Gasteiger charge is -2.09. The second-order valence-electron chi connectivity index (χ2n) is 5.55. The number of alkyl halides is 2. The Balaban J connectivity index is 1.97. The molecule has 0 unspecified atom stereocenters. The third-order valence-corrected chi connectivity index (χ3v) is 3.20. The Morgan fingerprint density at radius 2 is 1.88 bits per heavy atom. The van der Waals surface area contributed by atoms with Gasteiger partial charge in [0.05, 0.1) is 6.54 Å². The van der Waals surface area contributed by atoms with Crippen molar-refractivity contribution in [1.29, 1.82) is 0 Å². The van der Waals surface area contributed by atoms with E-state index in [4.69, 9.17) is 10.5 Å². The monoisotopic (exact) mass is 333 g/mol. The molecule has 0 bridgehead atoms. The molecule has 24 heavy (non-hydrogen) atoms. The molecule has 0 aromatic heterocycles. The first-order chi connectivity index (χ1) is 11.4. The van der Waals surface area contributed by atoms with Gasteiger partial charge in [0.2, 0.25) is 0 Å². The molecule has 0 saturated carbocycles. The molecular weight excluding hydrogens is 312 g/mol. The van der Waals surface area contributed by atoms with Crippen molar-refractivity contribution in [2.24, 2.45) is 10.7 Å². The van der Waals surface area contributed by atoms with Gasteiger partial charge < -0.3 is 15.8 Å². The van der Waals surface area contributed by atoms with Gasteiger partial charge in [-0.2, -0.15) is 0 Å². The summed E-state index contributed by atoms with van der Waals surface area (Å²) in [5.41, 5.74) is 9.87. The largest absolute Gasteiger partial charge is 0.488 e. The Morgan fingerprint density at radius 3 is 2.54 bits per heavy atom. The van der Waals surface area contributed by atoms with Gasteiger partial charge >= 0.3 is 0 Å². The number of anilines is 1. The van der Waals surface area contributed by atoms with Crippen molar-refractivity contribution in [1.82, 2.24) is 0 Å². The van der Waals surface area contributed by atoms with Gasteiger partial charge in [0.1, 0.15) is 12.4 Å². The molecule has 0 saturated heterocycles. The zero-order valence-electron chi connectivity index (χ0n) is 13.7. The van der Waals surface area contributed by atoms with Crippen molar-refractivity contribution in [3.8, 4) is 5.75 Å². The molecule has 0 atom stereocenters. The normalized spacial score (nSPS) is 11.6. The van der Waals surface area contributed by atoms with E-state index in [1.807, 2.05) is 32.0 Å². The number of halogens is 2. The van der Waals surface area contributed by atoms with Crippen LogP contribution in [0.5, 0.6) is 5.75 Å². The Bertz CT molecular complexity index is 697. The van der Waals surface area contributed by atoms with Gasteiger partial charge in [-0.05, 0) is 54.8 Å². The SMILES string of the molecule is Cc1cc(C)cc(NC(N)=NCc2cccc(OCC(F)F)c2)c1. The molecule has 0 amide bonds. The van der Waals surface area contributed by atoms with Crippen LogP contribution in [0.25, 0.3) is 0 Å². The number of guanidine groups is 1. The molecule has 2 aromatic rings. The minimum absolute atomic E-state index is 0.291. The predicted octanol–water partition coefficient (Wildman–Crippen LogP) is 3.87. The number of rotatable bonds is 6. The van der Waals surface area contributed by atoms with Gasteiger partial charge in [-0.25, -0.2) is 13.8 Å². The molecule has 0 aliphatic heterocycles. The van der Waals surface area contributed by atoms with E-state index in [1.165, 1.54) is 0 Å². The molecule has 128 valence electrons. The van der Waals surface area contributed by atoms with Crippen molar-refractivity contribution < 1.29 is 13.5 Å². The lowest BCUT2D eigenvalue weighted by atomic mass is 10.1. The molecule has 0 radical (unpaired) electrons. The van der Waals surface area contributed by atoms with Crippen molar-refractivity contribution in [2.45, 2.75) is 26.8 Å². The lowest BCUT2D eigenvalue weighted by molar-refractivity contribution is 0.0818. The average molecular weight is 333 g/mol. The second kappa shape index (κ2) is 8.29. The summed E-state index contributed by atoms with van der Waals surface area (Å²) in [6.07, 6.45) is -2.50. The van der Waals surface area contributed by atoms with Crippen LogP contribution in [0.15, 0.2) is 47.5 Å². The molecule has 2 rings (SSSR count). The van der Waals surface area contributed by atoms with Crippen LogP contribution in [0.2, 0.25) is 0 Å². The van der Waals surface area contributed by atoms with E-state index < -0.39 is 13.0 Å². The van der Waals surface area contributed by atoms with Crippen molar-refractivity contribution >= 4 is 11.6 Å². The number of ether oxygens (including phenoxy) is 1. The Hall–Kier alpha value is -2.63. The number of nitrogens with one attached hydrogen (secondary N) is 1. The van der Waals surface area contributed by atoms with Crippen LogP contribution >= 0.6 is 0 Å². The first-order valence-corrected chi connectivity index (χ1v) is 7.57. The maximum absolute atomic E-state index is 12.2. The van der Waals surface area contributed by atoms with Gasteiger partial charge in [-0.3, -0.25) is 0 Å². The summed E-state index contributed by atoms with van der Waals surface area (Å²) in [5, 5.41) is 3.05. The maximum atomic E-state index is 12.2. The average Bonchev–Trinajstić information content (AvgIpc) is 2.50. The van der Waals surface area contributed by atoms with Gasteiger partial charge in [-0.15, -0.1) is 0 Å². The third kappa shape index (κ3) is 5.87. The molecule has 6 heteroatoms. The molecule has 4 nitrogen and oxygen atoms in total. The molecule has 0 aliphatic carbocycles. The van der Waals surface area contributed by atoms with E-state index >= 15 is 0 Å². The number of hydrogen-bond acceptors (Lipinski definition) is 2. The topological polar surface area (TPSA) is 59.6 Å². The fourth-order valence-electron chi connectivity index (χ4n) is 2.30. The smallest absolute Gasteiger partial charge is 0.272 e. The first-order valence-electron chi connectivity index (χ1n) is 7.57. The highest BCUT2D eigenvalue weighted by Crippen LogP contribution is 2.16. The summed E-state index contributed by atoms with van der Waals surface area (Å²) in [5.74, 6) is 0.683. The molecule has 0 fully saturated rings. The van der Waals surface area contributed by atoms with E-state index in [0.29, 0.717) is 18.3 Å². The van der Waals surface area contributed by atoms with E-state index in [9.17, 15) is 8.78 Å². The zero-order chi connectivity index (χ0) is 17.5. The summed E-state index contributed by atoms with van der Waals surface area (Å²) in [6, 6.07) is 12.9. The van der Waals surface area contributed by atoms with E-state index in [2.05, 4.69) is 16.4 Å². The number of aliphatic imine (C=N–C) groups is 1. The lowest BCUT2D eigenvalue weighted by Crippen LogP contribution is -2.22. The Morgan fingerprint density at radius 1 is 1.17 bits per heavy atom. The minimum Gasteiger partial charge on any atom is -0.488 e. The number of nitrogens with zero attached hydrogens (tertiary/aromatic N) is 1. The molecule has 0 heterocycles. The highest BCUT2D eigenvalue weighted by molar-refractivity contribution is 5.92. The minimum atomic E-state index is -2.50. The van der Waals surface area contributed by atoms with Crippen molar-refractivity contribution in [3.63, 3.8) is 0 Å². The van der Waals surface area contributed by atoms with E-state index in [0.717, 1.165) is 22.4 Å². The zero-order valence-corrected chi connectivity index (χ0v) is 13.7. The van der Waals surface area contributed by atoms with E-state index in [-0.39, 0.29) is 0 Å².